The molecule has 0 spiro atoms. The summed E-state index contributed by atoms with van der Waals surface area (Å²) < 4.78 is 21.3. The number of cyclic esters (lactones) is 2. The van der Waals surface area contributed by atoms with Gasteiger partial charge in [-0.15, -0.1) is 0 Å². The summed E-state index contributed by atoms with van der Waals surface area (Å²) in [4.78, 5) is 40.0. The Labute approximate surface area is 205 Å². The average molecular weight is 494 g/mol. The third-order valence-corrected chi connectivity index (χ3v) is 5.09. The number of ether oxygens (including phenoxy) is 3. The van der Waals surface area contributed by atoms with Gasteiger partial charge in [-0.2, -0.15) is 0 Å². The lowest BCUT2D eigenvalue weighted by Gasteiger charge is -2.31. The molecule has 0 unspecified atom stereocenters. The number of hydrogen-bond acceptors (Lipinski definition) is 11. The zero-order valence-electron chi connectivity index (χ0n) is 19.6. The largest absolute Gasteiger partial charge is 0.496 e. The third-order valence-electron chi connectivity index (χ3n) is 5.09. The quantitative estimate of drug-likeness (QED) is 0.155. The highest BCUT2D eigenvalue weighted by Crippen LogP contribution is 2.33. The Morgan fingerprint density at radius 1 is 1.14 bits per heavy atom. The number of carbonyl (C=O) groups excluding carboxylic acids is 2. The fourth-order valence-corrected chi connectivity index (χ4v) is 3.49. The molecule has 1 aliphatic heterocycles. The van der Waals surface area contributed by atoms with E-state index in [1.54, 1.807) is 24.3 Å². The highest BCUT2D eigenvalue weighted by Gasteiger charge is 2.41. The smallest absolute Gasteiger partial charge is 0.352 e. The van der Waals surface area contributed by atoms with E-state index < -0.39 is 28.2 Å². The molecule has 186 valence electrons. The number of nitrogens with zero attached hydrogens (tertiary/aromatic N) is 2. The summed E-state index contributed by atoms with van der Waals surface area (Å²) >= 11 is 0. The van der Waals surface area contributed by atoms with Crippen LogP contribution in [0.3, 0.4) is 0 Å². The first-order chi connectivity index (χ1) is 17.2. The number of rotatable bonds is 8. The average Bonchev–Trinajstić information content (AvgIpc) is 3.36. The van der Waals surface area contributed by atoms with Crippen molar-refractivity contribution in [3.63, 3.8) is 0 Å². The monoisotopic (exact) mass is 494 g/mol. The maximum absolute atomic E-state index is 12.7. The van der Waals surface area contributed by atoms with Gasteiger partial charge in [-0.25, -0.2) is 14.6 Å². The molecule has 2 heterocycles. The van der Waals surface area contributed by atoms with Gasteiger partial charge in [-0.3, -0.25) is 10.1 Å². The molecule has 1 fully saturated rings. The molecule has 12 nitrogen and oxygen atoms in total. The second kappa shape index (κ2) is 9.78. The fourth-order valence-electron chi connectivity index (χ4n) is 3.49. The molecule has 12 heteroatoms. The van der Waals surface area contributed by atoms with Crippen molar-refractivity contribution in [2.45, 2.75) is 26.2 Å². The highest BCUT2D eigenvalue weighted by atomic mass is 16.7. The number of methoxy groups -OCH3 is 1. The van der Waals surface area contributed by atoms with E-state index in [9.17, 15) is 19.7 Å². The number of hydrogen-bond donors (Lipinski definition) is 2. The molecule has 0 saturated carbocycles. The molecule has 0 atom stereocenters. The number of nitrogens with one attached hydrogen (secondary N) is 2. The van der Waals surface area contributed by atoms with E-state index in [0.29, 0.717) is 28.3 Å². The number of oxazole rings is 1. The molecule has 3 aromatic rings. The van der Waals surface area contributed by atoms with Gasteiger partial charge in [0.15, 0.2) is 17.7 Å². The molecule has 1 aliphatic rings. The van der Waals surface area contributed by atoms with Gasteiger partial charge in [0.05, 0.1) is 23.8 Å². The number of esters is 2. The zero-order chi connectivity index (χ0) is 25.9. The van der Waals surface area contributed by atoms with Crippen molar-refractivity contribution >= 4 is 23.3 Å². The van der Waals surface area contributed by atoms with Gasteiger partial charge in [-0.1, -0.05) is 12.1 Å². The molecule has 2 aromatic carbocycles. The fraction of sp³-hybridized carbons (Fsp3) is 0.208. The van der Waals surface area contributed by atoms with Crippen LogP contribution in [0.25, 0.3) is 11.3 Å². The number of non-ortho nitro benzene ring substituents is 1. The summed E-state index contributed by atoms with van der Waals surface area (Å²) in [6.07, 6.45) is 2.83. The molecule has 2 N–H and O–H groups in total. The number of nitro groups is 1. The predicted molar refractivity (Wildman–Crippen MR) is 125 cm³/mol. The van der Waals surface area contributed by atoms with Crippen molar-refractivity contribution in [2.75, 3.05) is 12.4 Å². The first-order valence-corrected chi connectivity index (χ1v) is 10.7. The Hall–Kier alpha value is -4.87. The Balaban J connectivity index is 1.68. The molecule has 36 heavy (non-hydrogen) atoms. The first-order valence-electron chi connectivity index (χ1n) is 10.7. The molecule has 0 aliphatic carbocycles. The van der Waals surface area contributed by atoms with E-state index in [0.717, 1.165) is 0 Å². The maximum Gasteiger partial charge on any atom is 0.352 e. The number of aromatic nitrogens is 1. The minimum absolute atomic E-state index is 0.0125. The second-order valence-electron chi connectivity index (χ2n) is 8.12. The minimum atomic E-state index is -1.43. The van der Waals surface area contributed by atoms with Gasteiger partial charge in [0.2, 0.25) is 0 Å². The van der Waals surface area contributed by atoms with Crippen LogP contribution in [-0.4, -0.2) is 34.7 Å². The Kier molecular flexibility index (Phi) is 6.59. The Morgan fingerprint density at radius 3 is 2.53 bits per heavy atom. The van der Waals surface area contributed by atoms with E-state index >= 15 is 0 Å². The normalized spacial score (nSPS) is 14.5. The summed E-state index contributed by atoms with van der Waals surface area (Å²) in [6, 6.07) is 11.0. The maximum atomic E-state index is 12.7. The van der Waals surface area contributed by atoms with Gasteiger partial charge in [0.1, 0.15) is 11.6 Å². The molecular formula is C24H22N4O8. The first kappa shape index (κ1) is 24.3. The number of benzene rings is 2. The molecule has 1 saturated heterocycles. The van der Waals surface area contributed by atoms with Crippen molar-refractivity contribution < 1.29 is 33.1 Å². The van der Waals surface area contributed by atoms with Crippen molar-refractivity contribution in [3.05, 3.63) is 82.1 Å². The third kappa shape index (κ3) is 5.27. The summed E-state index contributed by atoms with van der Waals surface area (Å²) in [7, 11) is 1.48. The van der Waals surface area contributed by atoms with Crippen LogP contribution in [0, 0.1) is 10.1 Å². The molecular weight excluding hydrogens is 472 g/mol. The summed E-state index contributed by atoms with van der Waals surface area (Å²) in [6.45, 7) is 2.93. The predicted octanol–water partition coefficient (Wildman–Crippen LogP) is 3.51. The van der Waals surface area contributed by atoms with E-state index in [1.165, 1.54) is 51.7 Å². The Morgan fingerprint density at radius 2 is 1.89 bits per heavy atom. The lowest BCUT2D eigenvalue weighted by molar-refractivity contribution is -0.384. The van der Waals surface area contributed by atoms with E-state index in [2.05, 4.69) is 15.6 Å². The number of carbonyl (C=O) groups is 2. The number of anilines is 1. The van der Waals surface area contributed by atoms with Crippen LogP contribution in [0.2, 0.25) is 0 Å². The molecule has 0 amide bonds. The topological polar surface area (TPSA) is 155 Å². The van der Waals surface area contributed by atoms with E-state index in [4.69, 9.17) is 18.6 Å². The van der Waals surface area contributed by atoms with E-state index in [-0.39, 0.29) is 18.1 Å². The molecule has 0 radical (unpaired) electrons. The minimum Gasteiger partial charge on any atom is -0.496 e. The molecule has 1 aromatic heterocycles. The van der Waals surface area contributed by atoms with Gasteiger partial charge in [0, 0.05) is 44.3 Å². The lowest BCUT2D eigenvalue weighted by atomic mass is 10.1. The second-order valence-corrected chi connectivity index (χ2v) is 8.12. The van der Waals surface area contributed by atoms with Crippen molar-refractivity contribution in [2.24, 2.45) is 0 Å². The zero-order valence-corrected chi connectivity index (χ0v) is 19.6. The molecule has 4 rings (SSSR count). The van der Waals surface area contributed by atoms with Crippen molar-refractivity contribution in [3.8, 4) is 17.1 Å². The summed E-state index contributed by atoms with van der Waals surface area (Å²) in [5.74, 6) is -2.30. The van der Waals surface area contributed by atoms with Crippen LogP contribution >= 0.6 is 0 Å². The van der Waals surface area contributed by atoms with Gasteiger partial charge in [-0.05, 0) is 17.7 Å². The van der Waals surface area contributed by atoms with Crippen molar-refractivity contribution in [1.82, 2.24) is 10.3 Å². The SMILES string of the molecule is COc1cc(NC(NCc2cccc([N+](=O)[O-])c2)=C2C(=O)OC(C)(C)OC2=O)ccc1-c1cnco1. The van der Waals surface area contributed by atoms with Crippen molar-refractivity contribution in [1.29, 1.82) is 0 Å². The van der Waals surface area contributed by atoms with E-state index in [1.807, 2.05) is 0 Å². The van der Waals surface area contributed by atoms with Gasteiger partial charge in [0.25, 0.3) is 11.5 Å². The Bertz CT molecular complexity index is 1330. The van der Waals surface area contributed by atoms with Crippen LogP contribution < -0.4 is 15.4 Å². The van der Waals surface area contributed by atoms with Gasteiger partial charge < -0.3 is 29.3 Å². The molecule has 0 bridgehead atoms. The van der Waals surface area contributed by atoms with Crippen LogP contribution in [0.4, 0.5) is 11.4 Å². The summed E-state index contributed by atoms with van der Waals surface area (Å²) in [5.41, 5.74) is 1.15. The van der Waals surface area contributed by atoms with Crippen LogP contribution in [0.5, 0.6) is 5.75 Å². The van der Waals surface area contributed by atoms with Crippen LogP contribution in [-0.2, 0) is 25.6 Å². The van der Waals surface area contributed by atoms with Gasteiger partial charge >= 0.3 is 11.9 Å². The van der Waals surface area contributed by atoms with Crippen LogP contribution in [0.1, 0.15) is 19.4 Å². The van der Waals surface area contributed by atoms with Crippen LogP contribution in [0.15, 0.2) is 70.9 Å². The number of nitro benzene ring substituents is 1. The standard InChI is InChI=1S/C24H22N4O8/c1-24(2)35-22(29)20(23(30)36-24)21(26-11-14-5-4-6-16(9-14)28(31)32)27-15-7-8-17(18(10-15)33-3)19-12-25-13-34-19/h4-10,12-13,26-27H,11H2,1-3H3. The lowest BCUT2D eigenvalue weighted by Crippen LogP contribution is -2.44. The highest BCUT2D eigenvalue weighted by molar-refractivity contribution is 6.16. The summed E-state index contributed by atoms with van der Waals surface area (Å²) in [5, 5.41) is 17.1.